The molecule has 1 aliphatic rings. The molecule has 0 radical (unpaired) electrons. The Morgan fingerprint density at radius 3 is 2.47 bits per heavy atom. The van der Waals surface area contributed by atoms with Crippen molar-refractivity contribution in [2.24, 2.45) is 0 Å². The quantitative estimate of drug-likeness (QED) is 0.552. The van der Waals surface area contributed by atoms with Gasteiger partial charge in [-0.1, -0.05) is 45.0 Å². The second-order valence-corrected chi connectivity index (χ2v) is 5.43. The molecule has 0 spiro atoms. The number of carbonyl (C=O) groups is 2. The highest BCUT2D eigenvalue weighted by Gasteiger charge is 2.34. The first-order chi connectivity index (χ1) is 7.88. The summed E-state index contributed by atoms with van der Waals surface area (Å²) in [6, 6.07) is 7.82. The van der Waals surface area contributed by atoms with Crippen molar-refractivity contribution >= 4 is 11.9 Å². The van der Waals surface area contributed by atoms with Crippen LogP contribution >= 0.6 is 0 Å². The zero-order chi connectivity index (χ0) is 12.6. The molecule has 0 N–H and O–H groups in total. The standard InChI is InChI=1S/C14H16O3/c1-14(2,3)10-6-4-5-9(7-10)11-8-12(15)17-13(11)16/h4-7,11H,8H2,1-3H3. The normalized spacial score (nSPS) is 20.5. The van der Waals surface area contributed by atoms with Gasteiger partial charge in [0.15, 0.2) is 0 Å². The van der Waals surface area contributed by atoms with Crippen LogP contribution in [0.15, 0.2) is 24.3 Å². The first kappa shape index (κ1) is 11.8. The van der Waals surface area contributed by atoms with Gasteiger partial charge < -0.3 is 4.74 Å². The van der Waals surface area contributed by atoms with Crippen LogP contribution in [0.5, 0.6) is 0 Å². The monoisotopic (exact) mass is 232 g/mol. The minimum Gasteiger partial charge on any atom is -0.393 e. The van der Waals surface area contributed by atoms with Gasteiger partial charge in [0, 0.05) is 0 Å². The van der Waals surface area contributed by atoms with Crippen LogP contribution < -0.4 is 0 Å². The van der Waals surface area contributed by atoms with E-state index in [4.69, 9.17) is 0 Å². The van der Waals surface area contributed by atoms with Gasteiger partial charge in [-0.25, -0.2) is 0 Å². The number of ether oxygens (including phenoxy) is 1. The Kier molecular flexibility index (Phi) is 2.77. The van der Waals surface area contributed by atoms with E-state index in [0.717, 1.165) is 11.1 Å². The Bertz CT molecular complexity index is 469. The van der Waals surface area contributed by atoms with Crippen LogP contribution in [0.4, 0.5) is 0 Å². The van der Waals surface area contributed by atoms with Gasteiger partial charge in [0.2, 0.25) is 0 Å². The minimum atomic E-state index is -0.430. The predicted molar refractivity (Wildman–Crippen MR) is 63.6 cm³/mol. The second-order valence-electron chi connectivity index (χ2n) is 5.43. The molecular weight excluding hydrogens is 216 g/mol. The van der Waals surface area contributed by atoms with E-state index in [2.05, 4.69) is 25.5 Å². The zero-order valence-corrected chi connectivity index (χ0v) is 10.3. The molecule has 0 saturated carbocycles. The van der Waals surface area contributed by atoms with E-state index in [-0.39, 0.29) is 11.8 Å². The molecular formula is C14H16O3. The summed E-state index contributed by atoms with van der Waals surface area (Å²) in [4.78, 5) is 22.6. The second kappa shape index (κ2) is 3.99. The third-order valence-electron chi connectivity index (χ3n) is 3.02. The van der Waals surface area contributed by atoms with Gasteiger partial charge in [-0.05, 0) is 16.5 Å². The smallest absolute Gasteiger partial charge is 0.321 e. The van der Waals surface area contributed by atoms with Gasteiger partial charge >= 0.3 is 11.9 Å². The average molecular weight is 232 g/mol. The Hall–Kier alpha value is -1.64. The predicted octanol–water partition coefficient (Wildman–Crippen LogP) is 2.54. The summed E-state index contributed by atoms with van der Waals surface area (Å²) in [5, 5.41) is 0. The maximum absolute atomic E-state index is 11.5. The largest absolute Gasteiger partial charge is 0.393 e. The third kappa shape index (κ3) is 2.38. The number of hydrogen-bond acceptors (Lipinski definition) is 3. The van der Waals surface area contributed by atoms with Crippen molar-refractivity contribution in [1.29, 1.82) is 0 Å². The van der Waals surface area contributed by atoms with Crippen LogP contribution in [0, 0.1) is 0 Å². The van der Waals surface area contributed by atoms with Crippen molar-refractivity contribution < 1.29 is 14.3 Å². The van der Waals surface area contributed by atoms with E-state index in [1.54, 1.807) is 0 Å². The van der Waals surface area contributed by atoms with Gasteiger partial charge in [0.05, 0.1) is 12.3 Å². The Labute approximate surface area is 101 Å². The van der Waals surface area contributed by atoms with Gasteiger partial charge in [-0.2, -0.15) is 0 Å². The third-order valence-corrected chi connectivity index (χ3v) is 3.02. The molecule has 1 aliphatic heterocycles. The molecule has 0 amide bonds. The fourth-order valence-corrected chi connectivity index (χ4v) is 1.95. The van der Waals surface area contributed by atoms with Crippen molar-refractivity contribution in [3.8, 4) is 0 Å². The highest BCUT2D eigenvalue weighted by atomic mass is 16.6. The number of cyclic esters (lactones) is 2. The lowest BCUT2D eigenvalue weighted by atomic mass is 9.84. The van der Waals surface area contributed by atoms with E-state index < -0.39 is 17.9 Å². The summed E-state index contributed by atoms with van der Waals surface area (Å²) in [6.07, 6.45) is 0.159. The Morgan fingerprint density at radius 1 is 1.24 bits per heavy atom. The fourth-order valence-electron chi connectivity index (χ4n) is 1.95. The molecule has 1 saturated heterocycles. The maximum atomic E-state index is 11.5. The summed E-state index contributed by atoms with van der Waals surface area (Å²) in [6.45, 7) is 6.35. The summed E-state index contributed by atoms with van der Waals surface area (Å²) < 4.78 is 4.58. The molecule has 3 nitrogen and oxygen atoms in total. The molecule has 0 bridgehead atoms. The molecule has 90 valence electrons. The van der Waals surface area contributed by atoms with Crippen LogP contribution in [-0.2, 0) is 19.7 Å². The van der Waals surface area contributed by atoms with Crippen LogP contribution in [0.25, 0.3) is 0 Å². The van der Waals surface area contributed by atoms with Crippen LogP contribution in [-0.4, -0.2) is 11.9 Å². The zero-order valence-electron chi connectivity index (χ0n) is 10.3. The fraction of sp³-hybridized carbons (Fsp3) is 0.429. The summed E-state index contributed by atoms with van der Waals surface area (Å²) >= 11 is 0. The van der Waals surface area contributed by atoms with Crippen molar-refractivity contribution in [2.75, 3.05) is 0 Å². The van der Waals surface area contributed by atoms with Gasteiger partial charge in [0.25, 0.3) is 0 Å². The van der Waals surface area contributed by atoms with Crippen molar-refractivity contribution in [3.63, 3.8) is 0 Å². The SMILES string of the molecule is CC(C)(C)c1cccc(C2CC(=O)OC2=O)c1. The van der Waals surface area contributed by atoms with E-state index in [1.165, 1.54) is 0 Å². The number of hydrogen-bond donors (Lipinski definition) is 0. The van der Waals surface area contributed by atoms with Crippen LogP contribution in [0.3, 0.4) is 0 Å². The average Bonchev–Trinajstić information content (AvgIpc) is 2.57. The molecule has 1 atom stereocenters. The van der Waals surface area contributed by atoms with Crippen LogP contribution in [0.1, 0.15) is 44.2 Å². The molecule has 0 aliphatic carbocycles. The lowest BCUT2D eigenvalue weighted by molar-refractivity contribution is -0.152. The van der Waals surface area contributed by atoms with E-state index in [9.17, 15) is 9.59 Å². The molecule has 1 unspecified atom stereocenters. The molecule has 1 fully saturated rings. The van der Waals surface area contributed by atoms with Crippen molar-refractivity contribution in [1.82, 2.24) is 0 Å². The lowest BCUT2D eigenvalue weighted by Crippen LogP contribution is -2.13. The molecule has 2 rings (SSSR count). The molecule has 17 heavy (non-hydrogen) atoms. The molecule has 1 aromatic rings. The van der Waals surface area contributed by atoms with Crippen molar-refractivity contribution in [3.05, 3.63) is 35.4 Å². The first-order valence-corrected chi connectivity index (χ1v) is 5.73. The number of carbonyl (C=O) groups excluding carboxylic acids is 2. The maximum Gasteiger partial charge on any atom is 0.321 e. The Morgan fingerprint density at radius 2 is 1.94 bits per heavy atom. The summed E-state index contributed by atoms with van der Waals surface area (Å²) in [7, 11) is 0. The van der Waals surface area contributed by atoms with E-state index >= 15 is 0 Å². The molecule has 1 heterocycles. The van der Waals surface area contributed by atoms with E-state index in [1.807, 2.05) is 24.3 Å². The van der Waals surface area contributed by atoms with Gasteiger partial charge in [-0.3, -0.25) is 9.59 Å². The summed E-state index contributed by atoms with van der Waals surface area (Å²) in [5.74, 6) is -1.29. The molecule has 1 aromatic carbocycles. The van der Waals surface area contributed by atoms with E-state index in [0.29, 0.717) is 0 Å². The first-order valence-electron chi connectivity index (χ1n) is 5.73. The van der Waals surface area contributed by atoms with Gasteiger partial charge in [-0.15, -0.1) is 0 Å². The molecule has 0 aromatic heterocycles. The van der Waals surface area contributed by atoms with Crippen LogP contribution in [0.2, 0.25) is 0 Å². The lowest BCUT2D eigenvalue weighted by Gasteiger charge is -2.20. The number of rotatable bonds is 1. The number of esters is 2. The highest BCUT2D eigenvalue weighted by Crippen LogP contribution is 2.30. The van der Waals surface area contributed by atoms with Gasteiger partial charge in [0.1, 0.15) is 0 Å². The highest BCUT2D eigenvalue weighted by molar-refractivity contribution is 5.97. The minimum absolute atomic E-state index is 0.0303. The molecule has 3 heteroatoms. The summed E-state index contributed by atoms with van der Waals surface area (Å²) in [5.41, 5.74) is 2.05. The number of benzene rings is 1. The topological polar surface area (TPSA) is 43.4 Å². The van der Waals surface area contributed by atoms with Crippen molar-refractivity contribution in [2.45, 2.75) is 38.5 Å². The Balaban J connectivity index is 2.34.